The molecule has 11 heteroatoms. The summed E-state index contributed by atoms with van der Waals surface area (Å²) in [4.78, 5) is 56.1. The minimum absolute atomic E-state index is 0.0212. The zero-order valence-corrected chi connectivity index (χ0v) is 21.2. The number of alkyl carbamates (subject to hydrolysis) is 1. The van der Waals surface area contributed by atoms with E-state index >= 15 is 0 Å². The second-order valence-electron chi connectivity index (χ2n) is 10.5. The molecule has 1 aliphatic rings. The highest BCUT2D eigenvalue weighted by Gasteiger charge is 2.41. The first-order valence-corrected chi connectivity index (χ1v) is 11.2. The quantitative estimate of drug-likeness (QED) is 0.503. The lowest BCUT2D eigenvalue weighted by molar-refractivity contribution is -0.151. The van der Waals surface area contributed by atoms with E-state index in [0.29, 0.717) is 18.7 Å². The van der Waals surface area contributed by atoms with E-state index in [1.54, 1.807) is 41.5 Å². The van der Waals surface area contributed by atoms with Crippen LogP contribution in [-0.4, -0.2) is 75.5 Å². The zero-order chi connectivity index (χ0) is 25.8. The number of rotatable bonds is 5. The molecule has 190 valence electrons. The van der Waals surface area contributed by atoms with Gasteiger partial charge in [0.2, 0.25) is 5.91 Å². The maximum Gasteiger partial charge on any atom is 0.419 e. The Bertz CT molecular complexity index is 913. The monoisotopic (exact) mass is 480 g/mol. The average Bonchev–Trinajstić information content (AvgIpc) is 3.30. The summed E-state index contributed by atoms with van der Waals surface area (Å²) in [5.74, 6) is -0.887. The standard InChI is InChI=1S/C23H36N4O7/c1-14-9-17(19(29)32-8)27(11-14)18(28)16(25-20(30)33-22(2,3)4)10-15-12-26(13-24-15)21(31)34-23(5,6)7/h12-14,16-17H,9-11H2,1-8H3,(H,25,30)/t14-,16+,17-/m0/s1. The molecule has 1 N–H and O–H groups in total. The Morgan fingerprint density at radius 3 is 2.29 bits per heavy atom. The van der Waals surface area contributed by atoms with Gasteiger partial charge in [0.05, 0.1) is 12.8 Å². The minimum atomic E-state index is -1.07. The molecule has 0 unspecified atom stereocenters. The van der Waals surface area contributed by atoms with Gasteiger partial charge >= 0.3 is 18.2 Å². The highest BCUT2D eigenvalue weighted by atomic mass is 16.6. The van der Waals surface area contributed by atoms with Crippen molar-refractivity contribution in [3.63, 3.8) is 0 Å². The number of nitrogens with zero attached hydrogens (tertiary/aromatic N) is 3. The number of carbonyl (C=O) groups is 4. The Morgan fingerprint density at radius 1 is 1.12 bits per heavy atom. The SMILES string of the molecule is COC(=O)[C@@H]1C[C@H](C)CN1C(=O)[C@@H](Cc1cn(C(=O)OC(C)(C)C)cn1)NC(=O)OC(C)(C)C. The number of amides is 2. The second-order valence-corrected chi connectivity index (χ2v) is 10.5. The molecule has 0 bridgehead atoms. The third-order valence-electron chi connectivity index (χ3n) is 4.91. The van der Waals surface area contributed by atoms with Crippen molar-refractivity contribution in [1.82, 2.24) is 19.8 Å². The molecule has 1 aromatic heterocycles. The van der Waals surface area contributed by atoms with Crippen LogP contribution in [0, 0.1) is 5.92 Å². The van der Waals surface area contributed by atoms with E-state index in [1.165, 1.54) is 29.1 Å². The number of nitrogens with one attached hydrogen (secondary N) is 1. The van der Waals surface area contributed by atoms with Crippen molar-refractivity contribution >= 4 is 24.1 Å². The highest BCUT2D eigenvalue weighted by molar-refractivity contribution is 5.90. The third kappa shape index (κ3) is 7.74. The summed E-state index contributed by atoms with van der Waals surface area (Å²) in [7, 11) is 1.27. The number of carbonyl (C=O) groups excluding carboxylic acids is 4. The molecule has 1 saturated heterocycles. The molecule has 2 heterocycles. The molecular formula is C23H36N4O7. The first-order chi connectivity index (χ1) is 15.6. The molecular weight excluding hydrogens is 444 g/mol. The Kier molecular flexibility index (Phi) is 8.33. The molecule has 0 spiro atoms. The Hall–Kier alpha value is -3.11. The van der Waals surface area contributed by atoms with Crippen molar-refractivity contribution in [2.75, 3.05) is 13.7 Å². The van der Waals surface area contributed by atoms with Crippen molar-refractivity contribution in [2.45, 2.75) is 84.6 Å². The van der Waals surface area contributed by atoms with Crippen molar-refractivity contribution in [2.24, 2.45) is 5.92 Å². The zero-order valence-electron chi connectivity index (χ0n) is 21.2. The molecule has 0 saturated carbocycles. The van der Waals surface area contributed by atoms with Crippen LogP contribution in [0.2, 0.25) is 0 Å². The number of aromatic nitrogens is 2. The summed E-state index contributed by atoms with van der Waals surface area (Å²) in [5.41, 5.74) is -1.08. The van der Waals surface area contributed by atoms with E-state index in [9.17, 15) is 19.2 Å². The molecule has 2 amide bonds. The molecule has 0 aromatic carbocycles. The van der Waals surface area contributed by atoms with Crippen molar-refractivity contribution in [3.8, 4) is 0 Å². The van der Waals surface area contributed by atoms with E-state index in [1.807, 2.05) is 6.92 Å². The third-order valence-corrected chi connectivity index (χ3v) is 4.91. The maximum atomic E-state index is 13.5. The van der Waals surface area contributed by atoms with Crippen LogP contribution in [0.1, 0.15) is 60.6 Å². The summed E-state index contributed by atoms with van der Waals surface area (Å²) in [5, 5.41) is 2.60. The fourth-order valence-electron chi connectivity index (χ4n) is 3.59. The van der Waals surface area contributed by atoms with Crippen LogP contribution >= 0.6 is 0 Å². The van der Waals surface area contributed by atoms with Gasteiger partial charge in [0.1, 0.15) is 29.6 Å². The van der Waals surface area contributed by atoms with Crippen molar-refractivity contribution in [1.29, 1.82) is 0 Å². The van der Waals surface area contributed by atoms with E-state index in [4.69, 9.17) is 14.2 Å². The number of esters is 1. The summed E-state index contributed by atoms with van der Waals surface area (Å²) in [6, 6.07) is -1.82. The van der Waals surface area contributed by atoms with Crippen LogP contribution in [0.5, 0.6) is 0 Å². The van der Waals surface area contributed by atoms with Gasteiger partial charge in [-0.25, -0.2) is 23.9 Å². The number of ether oxygens (including phenoxy) is 3. The van der Waals surface area contributed by atoms with Crippen LogP contribution in [-0.2, 0) is 30.2 Å². The van der Waals surface area contributed by atoms with Gasteiger partial charge in [-0.1, -0.05) is 6.92 Å². The summed E-state index contributed by atoms with van der Waals surface area (Å²) in [6.45, 7) is 12.6. The Balaban J connectivity index is 2.26. The fraction of sp³-hybridized carbons (Fsp3) is 0.696. The highest BCUT2D eigenvalue weighted by Crippen LogP contribution is 2.25. The fourth-order valence-corrected chi connectivity index (χ4v) is 3.59. The van der Waals surface area contributed by atoms with Gasteiger partial charge in [0.15, 0.2) is 0 Å². The van der Waals surface area contributed by atoms with Crippen LogP contribution in [0.4, 0.5) is 9.59 Å². The topological polar surface area (TPSA) is 129 Å². The van der Waals surface area contributed by atoms with E-state index < -0.39 is 47.3 Å². The number of imidazole rings is 1. The van der Waals surface area contributed by atoms with Gasteiger partial charge in [-0.15, -0.1) is 0 Å². The van der Waals surface area contributed by atoms with E-state index in [2.05, 4.69) is 10.3 Å². The maximum absolute atomic E-state index is 13.5. The van der Waals surface area contributed by atoms with Crippen LogP contribution < -0.4 is 5.32 Å². The first-order valence-electron chi connectivity index (χ1n) is 11.2. The molecule has 3 atom stereocenters. The van der Waals surface area contributed by atoms with E-state index in [0.717, 1.165) is 0 Å². The molecule has 1 aliphatic heterocycles. The lowest BCUT2D eigenvalue weighted by Gasteiger charge is -2.28. The Morgan fingerprint density at radius 2 is 1.74 bits per heavy atom. The summed E-state index contributed by atoms with van der Waals surface area (Å²) in [6.07, 6.45) is 1.77. The van der Waals surface area contributed by atoms with Crippen LogP contribution in [0.15, 0.2) is 12.5 Å². The van der Waals surface area contributed by atoms with Gasteiger partial charge in [0, 0.05) is 19.2 Å². The number of likely N-dealkylation sites (tertiary alicyclic amines) is 1. The van der Waals surface area contributed by atoms with Gasteiger partial charge in [-0.3, -0.25) is 4.79 Å². The van der Waals surface area contributed by atoms with Gasteiger partial charge < -0.3 is 24.4 Å². The van der Waals surface area contributed by atoms with Gasteiger partial charge in [-0.2, -0.15) is 0 Å². The first kappa shape index (κ1) is 27.1. The molecule has 0 aliphatic carbocycles. The minimum Gasteiger partial charge on any atom is -0.467 e. The van der Waals surface area contributed by atoms with Crippen molar-refractivity contribution < 1.29 is 33.4 Å². The molecule has 11 nitrogen and oxygen atoms in total. The molecule has 34 heavy (non-hydrogen) atoms. The smallest absolute Gasteiger partial charge is 0.419 e. The van der Waals surface area contributed by atoms with Crippen molar-refractivity contribution in [3.05, 3.63) is 18.2 Å². The number of hydrogen-bond donors (Lipinski definition) is 1. The predicted octanol–water partition coefficient (Wildman–Crippen LogP) is 2.51. The average molecular weight is 481 g/mol. The summed E-state index contributed by atoms with van der Waals surface area (Å²) >= 11 is 0. The normalized spacial score (nSPS) is 19.4. The molecule has 0 radical (unpaired) electrons. The predicted molar refractivity (Wildman–Crippen MR) is 122 cm³/mol. The van der Waals surface area contributed by atoms with E-state index in [-0.39, 0.29) is 12.3 Å². The Labute approximate surface area is 200 Å². The van der Waals surface area contributed by atoms with Crippen LogP contribution in [0.3, 0.4) is 0 Å². The van der Waals surface area contributed by atoms with Crippen LogP contribution in [0.25, 0.3) is 0 Å². The summed E-state index contributed by atoms with van der Waals surface area (Å²) < 4.78 is 16.7. The molecule has 2 rings (SSSR count). The van der Waals surface area contributed by atoms with Gasteiger partial charge in [-0.05, 0) is 53.9 Å². The molecule has 1 fully saturated rings. The number of methoxy groups -OCH3 is 1. The van der Waals surface area contributed by atoms with Gasteiger partial charge in [0.25, 0.3) is 0 Å². The lowest BCUT2D eigenvalue weighted by Crippen LogP contribution is -2.53. The largest absolute Gasteiger partial charge is 0.467 e. The molecule has 1 aromatic rings. The number of hydrogen-bond acceptors (Lipinski definition) is 8. The lowest BCUT2D eigenvalue weighted by atomic mass is 10.1. The second kappa shape index (κ2) is 10.4.